The summed E-state index contributed by atoms with van der Waals surface area (Å²) >= 11 is 0. The fourth-order valence-corrected chi connectivity index (χ4v) is 2.44. The van der Waals surface area contributed by atoms with Gasteiger partial charge in [0.2, 0.25) is 0 Å². The van der Waals surface area contributed by atoms with Crippen molar-refractivity contribution in [1.29, 1.82) is 0 Å². The van der Waals surface area contributed by atoms with Gasteiger partial charge in [0.1, 0.15) is 5.75 Å². The summed E-state index contributed by atoms with van der Waals surface area (Å²) in [6.45, 7) is 0.413. The van der Waals surface area contributed by atoms with E-state index in [0.717, 1.165) is 6.20 Å². The number of aromatic nitrogens is 1. The minimum Gasteiger partial charge on any atom is -0.482 e. The molecule has 2 rings (SSSR count). The van der Waals surface area contributed by atoms with E-state index in [1.807, 2.05) is 0 Å². The number of pyridine rings is 1. The third-order valence-electron chi connectivity index (χ3n) is 3.97. The maximum absolute atomic E-state index is 12.3. The number of hydrogen-bond donors (Lipinski definition) is 2. The molecule has 1 saturated heterocycles. The van der Waals surface area contributed by atoms with Crippen molar-refractivity contribution in [3.05, 3.63) is 24.0 Å². The largest absolute Gasteiger partial charge is 0.482 e. The highest BCUT2D eigenvalue weighted by Gasteiger charge is 2.42. The molecule has 0 aliphatic carbocycles. The number of nitrogens with zero attached hydrogens (tertiary/aromatic N) is 2. The number of halogens is 3. The highest BCUT2D eigenvalue weighted by atomic mass is 19.4. The summed E-state index contributed by atoms with van der Waals surface area (Å²) < 4.78 is 41.5. The molecule has 10 heteroatoms. The maximum Gasteiger partial charge on any atom is 0.422 e. The second-order valence-corrected chi connectivity index (χ2v) is 6.08. The zero-order chi connectivity index (χ0) is 18.7. The Labute approximate surface area is 141 Å². The van der Waals surface area contributed by atoms with E-state index < -0.39 is 30.2 Å². The number of amides is 2. The van der Waals surface area contributed by atoms with Crippen molar-refractivity contribution < 1.29 is 32.6 Å². The van der Waals surface area contributed by atoms with E-state index in [0.29, 0.717) is 18.5 Å². The van der Waals surface area contributed by atoms with Gasteiger partial charge in [-0.15, -0.1) is 0 Å². The average Bonchev–Trinajstić information content (AvgIpc) is 2.94. The van der Waals surface area contributed by atoms with E-state index in [-0.39, 0.29) is 18.8 Å². The third-order valence-corrected chi connectivity index (χ3v) is 3.97. The molecule has 1 aliphatic heterocycles. The number of hydrogen-bond acceptors (Lipinski definition) is 4. The number of urea groups is 1. The van der Waals surface area contributed by atoms with E-state index in [2.05, 4.69) is 10.3 Å². The molecule has 2 amide bonds. The lowest BCUT2D eigenvalue weighted by molar-refractivity contribution is -0.153. The molecule has 0 saturated carbocycles. The van der Waals surface area contributed by atoms with E-state index in [9.17, 15) is 22.8 Å². The van der Waals surface area contributed by atoms with Gasteiger partial charge in [0.05, 0.1) is 11.6 Å². The van der Waals surface area contributed by atoms with Crippen molar-refractivity contribution in [2.75, 3.05) is 19.7 Å². The number of alkyl halides is 3. The lowest BCUT2D eigenvalue weighted by Gasteiger charge is -2.21. The molecular weight excluding hydrogens is 343 g/mol. The van der Waals surface area contributed by atoms with Gasteiger partial charge in [-0.1, -0.05) is 0 Å². The lowest BCUT2D eigenvalue weighted by atomic mass is 9.90. The van der Waals surface area contributed by atoms with Gasteiger partial charge in [-0.05, 0) is 19.4 Å². The average molecular weight is 361 g/mol. The molecule has 1 unspecified atom stereocenters. The lowest BCUT2D eigenvalue weighted by Crippen LogP contribution is -2.40. The minimum atomic E-state index is -4.48. The first-order valence-electron chi connectivity index (χ1n) is 7.49. The van der Waals surface area contributed by atoms with E-state index in [4.69, 9.17) is 9.84 Å². The third kappa shape index (κ3) is 4.97. The summed E-state index contributed by atoms with van der Waals surface area (Å²) in [5, 5.41) is 11.7. The van der Waals surface area contributed by atoms with Crippen molar-refractivity contribution in [1.82, 2.24) is 15.2 Å². The molecule has 1 atom stereocenters. The molecule has 1 aromatic rings. The monoisotopic (exact) mass is 361 g/mol. The molecule has 1 aromatic heterocycles. The van der Waals surface area contributed by atoms with Gasteiger partial charge in [0.25, 0.3) is 0 Å². The number of aliphatic carboxylic acids is 1. The Bertz CT molecular complexity index is 653. The molecule has 0 aromatic carbocycles. The molecular formula is C15H18F3N3O4. The summed E-state index contributed by atoms with van der Waals surface area (Å²) in [5.74, 6) is -1.04. The van der Waals surface area contributed by atoms with Gasteiger partial charge in [-0.25, -0.2) is 4.79 Å². The molecule has 2 heterocycles. The summed E-state index contributed by atoms with van der Waals surface area (Å²) in [6, 6.07) is 0.959. The van der Waals surface area contributed by atoms with Crippen LogP contribution in [-0.2, 0) is 11.3 Å². The van der Waals surface area contributed by atoms with Crippen LogP contribution >= 0.6 is 0 Å². The fraction of sp³-hybridized carbons (Fsp3) is 0.533. The molecule has 25 heavy (non-hydrogen) atoms. The van der Waals surface area contributed by atoms with Crippen molar-refractivity contribution in [3.8, 4) is 5.75 Å². The molecule has 0 spiro atoms. The van der Waals surface area contributed by atoms with Crippen molar-refractivity contribution in [3.63, 3.8) is 0 Å². The van der Waals surface area contributed by atoms with Crippen LogP contribution in [0.5, 0.6) is 5.75 Å². The smallest absolute Gasteiger partial charge is 0.422 e. The highest BCUT2D eigenvalue weighted by Crippen LogP contribution is 2.30. The van der Waals surface area contributed by atoms with Gasteiger partial charge in [0.15, 0.2) is 6.61 Å². The molecule has 1 aliphatic rings. The molecule has 0 bridgehead atoms. The van der Waals surface area contributed by atoms with Crippen LogP contribution in [0.4, 0.5) is 18.0 Å². The minimum absolute atomic E-state index is 0.0607. The summed E-state index contributed by atoms with van der Waals surface area (Å²) in [6.07, 6.45) is -1.62. The van der Waals surface area contributed by atoms with Crippen LogP contribution in [0, 0.1) is 5.41 Å². The maximum atomic E-state index is 12.3. The van der Waals surface area contributed by atoms with Gasteiger partial charge in [0, 0.05) is 31.4 Å². The summed E-state index contributed by atoms with van der Waals surface area (Å²) in [5.41, 5.74) is -0.651. The van der Waals surface area contributed by atoms with Crippen LogP contribution in [0.1, 0.15) is 18.9 Å². The fourth-order valence-electron chi connectivity index (χ4n) is 2.44. The predicted molar refractivity (Wildman–Crippen MR) is 80.0 cm³/mol. The second kappa shape index (κ2) is 7.16. The standard InChI is InChI=1S/C15H18F3N3O4/c1-14(12(22)23)3-5-21(8-14)13(24)20-6-10-2-4-19-7-11(10)25-9-15(16,17)18/h2,4,7H,3,5-6,8-9H2,1H3,(H,20,24)(H,22,23). The topological polar surface area (TPSA) is 91.8 Å². The van der Waals surface area contributed by atoms with Gasteiger partial charge < -0.3 is 20.1 Å². The number of carboxylic acids is 1. The van der Waals surface area contributed by atoms with Crippen LogP contribution in [0.15, 0.2) is 18.5 Å². The number of ether oxygens (including phenoxy) is 1. The van der Waals surface area contributed by atoms with Crippen molar-refractivity contribution in [2.45, 2.75) is 26.1 Å². The quantitative estimate of drug-likeness (QED) is 0.837. The van der Waals surface area contributed by atoms with Crippen molar-refractivity contribution in [2.24, 2.45) is 5.41 Å². The first kappa shape index (κ1) is 18.8. The molecule has 0 radical (unpaired) electrons. The molecule has 138 valence electrons. The predicted octanol–water partition coefficient (Wildman–Crippen LogP) is 2.03. The van der Waals surface area contributed by atoms with Crippen LogP contribution in [0.25, 0.3) is 0 Å². The number of carbonyl (C=O) groups is 2. The van der Waals surface area contributed by atoms with E-state index >= 15 is 0 Å². The Morgan fingerprint density at radius 3 is 2.80 bits per heavy atom. The van der Waals surface area contributed by atoms with Crippen LogP contribution in [0.2, 0.25) is 0 Å². The first-order valence-corrected chi connectivity index (χ1v) is 7.49. The van der Waals surface area contributed by atoms with Crippen LogP contribution in [-0.4, -0.2) is 52.9 Å². The number of nitrogens with one attached hydrogen (secondary N) is 1. The Hall–Kier alpha value is -2.52. The summed E-state index contributed by atoms with van der Waals surface area (Å²) in [4.78, 5) is 28.4. The first-order chi connectivity index (χ1) is 11.6. The normalized spacial score (nSPS) is 20.4. The second-order valence-electron chi connectivity index (χ2n) is 6.08. The Morgan fingerprint density at radius 1 is 1.48 bits per heavy atom. The summed E-state index contributed by atoms with van der Waals surface area (Å²) in [7, 11) is 0. The highest BCUT2D eigenvalue weighted by molar-refractivity contribution is 5.79. The van der Waals surface area contributed by atoms with Crippen molar-refractivity contribution >= 4 is 12.0 Å². The number of rotatable bonds is 5. The van der Waals surface area contributed by atoms with Crippen LogP contribution < -0.4 is 10.1 Å². The molecule has 7 nitrogen and oxygen atoms in total. The number of carbonyl (C=O) groups excluding carboxylic acids is 1. The Kier molecular flexibility index (Phi) is 5.39. The zero-order valence-corrected chi connectivity index (χ0v) is 13.5. The SMILES string of the molecule is CC1(C(=O)O)CCN(C(=O)NCc2ccncc2OCC(F)(F)F)C1. The Balaban J connectivity index is 1.93. The molecule has 2 N–H and O–H groups in total. The van der Waals surface area contributed by atoms with Gasteiger partial charge in [-0.3, -0.25) is 9.78 Å². The Morgan fingerprint density at radius 2 is 2.20 bits per heavy atom. The van der Waals surface area contributed by atoms with Gasteiger partial charge in [-0.2, -0.15) is 13.2 Å². The molecule has 1 fully saturated rings. The number of carboxylic acid groups (broad SMARTS) is 1. The van der Waals surface area contributed by atoms with E-state index in [1.165, 1.54) is 17.2 Å². The van der Waals surface area contributed by atoms with E-state index in [1.54, 1.807) is 6.92 Å². The van der Waals surface area contributed by atoms with Crippen LogP contribution in [0.3, 0.4) is 0 Å². The number of likely N-dealkylation sites (tertiary alicyclic amines) is 1. The zero-order valence-electron chi connectivity index (χ0n) is 13.5. The van der Waals surface area contributed by atoms with Gasteiger partial charge >= 0.3 is 18.2 Å².